The summed E-state index contributed by atoms with van der Waals surface area (Å²) in [5, 5.41) is 13.6. The number of nitrogens with one attached hydrogen (secondary N) is 2. The molecular weight excluding hydrogens is 436 g/mol. The summed E-state index contributed by atoms with van der Waals surface area (Å²) in [5.41, 5.74) is 3.28. The third kappa shape index (κ3) is 4.16. The van der Waals surface area contributed by atoms with Crippen molar-refractivity contribution in [1.29, 1.82) is 0 Å². The number of ether oxygens (including phenoxy) is 1. The molecule has 4 amide bonds. The molecule has 1 aliphatic rings. The van der Waals surface area contributed by atoms with E-state index in [9.17, 15) is 14.4 Å². The van der Waals surface area contributed by atoms with Crippen molar-refractivity contribution >= 4 is 34.8 Å². The van der Waals surface area contributed by atoms with Crippen LogP contribution < -0.4 is 15.4 Å². The third-order valence-electron chi connectivity index (χ3n) is 5.48. The molecule has 2 aromatic heterocycles. The maximum Gasteiger partial charge on any atom is 0.328 e. The van der Waals surface area contributed by atoms with Crippen molar-refractivity contribution in [3.8, 4) is 5.75 Å². The zero-order valence-corrected chi connectivity index (χ0v) is 18.2. The lowest BCUT2D eigenvalue weighted by atomic mass is 10.1. The van der Waals surface area contributed by atoms with Crippen LogP contribution in [0.1, 0.15) is 16.8 Å². The number of nitrogens with zero attached hydrogens (tertiary/aromatic N) is 4. The zero-order valence-electron chi connectivity index (χ0n) is 18.2. The maximum absolute atomic E-state index is 12.1. The van der Waals surface area contributed by atoms with Gasteiger partial charge in [0.05, 0.1) is 26.4 Å². The molecule has 0 aliphatic carbocycles. The van der Waals surface area contributed by atoms with Crippen molar-refractivity contribution < 1.29 is 19.1 Å². The Kier molecular flexibility index (Phi) is 5.38. The van der Waals surface area contributed by atoms with Crippen molar-refractivity contribution in [2.24, 2.45) is 0 Å². The molecule has 2 aromatic carbocycles. The number of carbonyl (C=O) groups excluding carboxylic acids is 3. The van der Waals surface area contributed by atoms with Crippen molar-refractivity contribution in [2.45, 2.75) is 13.1 Å². The lowest BCUT2D eigenvalue weighted by molar-refractivity contribution is -0.123. The van der Waals surface area contributed by atoms with Gasteiger partial charge in [-0.25, -0.2) is 9.48 Å². The van der Waals surface area contributed by atoms with Gasteiger partial charge in [0, 0.05) is 22.7 Å². The molecule has 10 nitrogen and oxygen atoms in total. The van der Waals surface area contributed by atoms with E-state index in [0.29, 0.717) is 18.7 Å². The molecule has 1 saturated heterocycles. The number of urea groups is 1. The molecule has 10 heteroatoms. The summed E-state index contributed by atoms with van der Waals surface area (Å²) in [7, 11) is 1.63. The molecule has 0 atom stereocenters. The average molecular weight is 456 g/mol. The minimum absolute atomic E-state index is 0.132. The summed E-state index contributed by atoms with van der Waals surface area (Å²) in [6.45, 7) is 1.02. The molecule has 1 aliphatic heterocycles. The molecule has 4 aromatic rings. The lowest BCUT2D eigenvalue weighted by Gasteiger charge is -2.13. The van der Waals surface area contributed by atoms with E-state index in [-0.39, 0.29) is 5.57 Å². The Morgan fingerprint density at radius 1 is 0.941 bits per heavy atom. The van der Waals surface area contributed by atoms with Gasteiger partial charge >= 0.3 is 6.03 Å². The Hall–Kier alpha value is -4.73. The smallest absolute Gasteiger partial charge is 0.328 e. The van der Waals surface area contributed by atoms with E-state index < -0.39 is 17.8 Å². The van der Waals surface area contributed by atoms with Crippen molar-refractivity contribution in [1.82, 2.24) is 30.2 Å². The van der Waals surface area contributed by atoms with Crippen LogP contribution in [0.2, 0.25) is 0 Å². The summed E-state index contributed by atoms with van der Waals surface area (Å²) < 4.78 is 8.93. The van der Waals surface area contributed by atoms with Gasteiger partial charge in [-0.15, -0.1) is 5.10 Å². The minimum Gasteiger partial charge on any atom is -0.497 e. The number of hydrogen-bond acceptors (Lipinski definition) is 6. The molecule has 3 heterocycles. The number of carbonyl (C=O) groups is 3. The zero-order chi connectivity index (χ0) is 23.7. The number of imide groups is 2. The first kappa shape index (κ1) is 21.1. The molecular formula is C24H20N6O4. The number of barbiturate groups is 1. The largest absolute Gasteiger partial charge is 0.497 e. The fraction of sp³-hybridized carbons (Fsp3) is 0.125. The Balaban J connectivity index is 1.41. The van der Waals surface area contributed by atoms with E-state index in [0.717, 1.165) is 27.9 Å². The highest BCUT2D eigenvalue weighted by Gasteiger charge is 2.28. The highest BCUT2D eigenvalue weighted by Crippen LogP contribution is 2.25. The minimum atomic E-state index is -0.827. The molecule has 5 rings (SSSR count). The fourth-order valence-corrected chi connectivity index (χ4v) is 3.86. The molecule has 0 unspecified atom stereocenters. The maximum atomic E-state index is 12.1. The predicted octanol–water partition coefficient (Wildman–Crippen LogP) is 2.09. The second-order valence-corrected chi connectivity index (χ2v) is 7.78. The lowest BCUT2D eigenvalue weighted by Crippen LogP contribution is -2.51. The van der Waals surface area contributed by atoms with Crippen molar-refractivity contribution in [2.75, 3.05) is 7.11 Å². The third-order valence-corrected chi connectivity index (χ3v) is 5.48. The number of para-hydroxylation sites is 1. The van der Waals surface area contributed by atoms with Crippen molar-refractivity contribution in [3.63, 3.8) is 0 Å². The van der Waals surface area contributed by atoms with Gasteiger partial charge in [0.15, 0.2) is 0 Å². The Bertz CT molecular complexity index is 1430. The number of hydrogen-bond donors (Lipinski definition) is 2. The molecule has 0 bridgehead atoms. The Labute approximate surface area is 193 Å². The van der Waals surface area contributed by atoms with Crippen LogP contribution in [0.3, 0.4) is 0 Å². The summed E-state index contributed by atoms with van der Waals surface area (Å²) in [4.78, 5) is 35.6. The van der Waals surface area contributed by atoms with Gasteiger partial charge < -0.3 is 9.30 Å². The SMILES string of the molecule is COc1ccc(Cn2cc(Cn3cc(C=C4C(=O)NC(=O)NC4=O)c4ccccc43)nn2)cc1. The summed E-state index contributed by atoms with van der Waals surface area (Å²) >= 11 is 0. The molecule has 1 fully saturated rings. The summed E-state index contributed by atoms with van der Waals surface area (Å²) in [6, 6.07) is 14.6. The summed E-state index contributed by atoms with van der Waals surface area (Å²) in [6.07, 6.45) is 5.21. The van der Waals surface area contributed by atoms with Gasteiger partial charge in [-0.3, -0.25) is 20.2 Å². The van der Waals surface area contributed by atoms with Gasteiger partial charge in [-0.2, -0.15) is 0 Å². The number of benzene rings is 2. The molecule has 0 spiro atoms. The standard InChI is InChI=1S/C24H20N6O4/c1-34-18-8-6-15(7-9-18)11-30-14-17(27-28-30)13-29-12-16(19-4-2-3-5-21(19)29)10-20-22(31)25-24(33)26-23(20)32/h2-10,12,14H,11,13H2,1H3,(H2,25,26,31,32,33). The van der Waals surface area contributed by atoms with Crippen LogP contribution in [0.5, 0.6) is 5.75 Å². The molecule has 2 N–H and O–H groups in total. The van der Waals surface area contributed by atoms with E-state index in [1.54, 1.807) is 11.8 Å². The monoisotopic (exact) mass is 456 g/mol. The number of methoxy groups -OCH3 is 1. The van der Waals surface area contributed by atoms with Crippen LogP contribution in [0.4, 0.5) is 4.79 Å². The van der Waals surface area contributed by atoms with Gasteiger partial charge in [0.1, 0.15) is 17.0 Å². The Morgan fingerprint density at radius 3 is 2.41 bits per heavy atom. The quantitative estimate of drug-likeness (QED) is 0.339. The molecule has 0 radical (unpaired) electrons. The molecule has 0 saturated carbocycles. The first-order valence-corrected chi connectivity index (χ1v) is 10.5. The highest BCUT2D eigenvalue weighted by molar-refractivity contribution is 6.31. The van der Waals surface area contributed by atoms with E-state index in [2.05, 4.69) is 20.9 Å². The average Bonchev–Trinajstić information content (AvgIpc) is 3.41. The van der Waals surface area contributed by atoms with E-state index in [1.807, 2.05) is 65.5 Å². The predicted molar refractivity (Wildman–Crippen MR) is 123 cm³/mol. The number of amides is 4. The normalized spacial score (nSPS) is 13.7. The second kappa shape index (κ2) is 8.66. The number of fused-ring (bicyclic) bond motifs is 1. The number of aromatic nitrogens is 4. The summed E-state index contributed by atoms with van der Waals surface area (Å²) in [5.74, 6) is -0.665. The topological polar surface area (TPSA) is 120 Å². The van der Waals surface area contributed by atoms with Crippen LogP contribution in [-0.2, 0) is 22.7 Å². The molecule has 34 heavy (non-hydrogen) atoms. The first-order chi connectivity index (χ1) is 16.5. The van der Waals surface area contributed by atoms with E-state index in [1.165, 1.54) is 6.08 Å². The van der Waals surface area contributed by atoms with Gasteiger partial charge in [0.2, 0.25) is 0 Å². The van der Waals surface area contributed by atoms with Gasteiger partial charge in [0.25, 0.3) is 11.8 Å². The van der Waals surface area contributed by atoms with Crippen molar-refractivity contribution in [3.05, 3.63) is 83.3 Å². The fourth-order valence-electron chi connectivity index (χ4n) is 3.86. The van der Waals surface area contributed by atoms with Gasteiger partial charge in [-0.05, 0) is 29.8 Å². The second-order valence-electron chi connectivity index (χ2n) is 7.78. The van der Waals surface area contributed by atoms with Crippen LogP contribution in [-0.4, -0.2) is 44.5 Å². The van der Waals surface area contributed by atoms with Crippen LogP contribution in [0.25, 0.3) is 17.0 Å². The Morgan fingerprint density at radius 2 is 1.68 bits per heavy atom. The highest BCUT2D eigenvalue weighted by atomic mass is 16.5. The van der Waals surface area contributed by atoms with Gasteiger partial charge in [-0.1, -0.05) is 35.5 Å². The van der Waals surface area contributed by atoms with Crippen LogP contribution in [0, 0.1) is 0 Å². The first-order valence-electron chi connectivity index (χ1n) is 10.5. The van der Waals surface area contributed by atoms with Crippen LogP contribution in [0.15, 0.2) is 66.5 Å². The van der Waals surface area contributed by atoms with E-state index >= 15 is 0 Å². The molecule has 170 valence electrons. The number of rotatable bonds is 6. The van der Waals surface area contributed by atoms with E-state index in [4.69, 9.17) is 4.74 Å². The van der Waals surface area contributed by atoms with Crippen LogP contribution >= 0.6 is 0 Å².